The monoisotopic (exact) mass is 198 g/mol. The van der Waals surface area contributed by atoms with Gasteiger partial charge in [0.25, 0.3) is 0 Å². The highest BCUT2D eigenvalue weighted by atomic mass is 32.2. The van der Waals surface area contributed by atoms with Crippen LogP contribution in [0.1, 0.15) is 26.7 Å². The van der Waals surface area contributed by atoms with Gasteiger partial charge in [0.05, 0.1) is 0 Å². The highest BCUT2D eigenvalue weighted by Gasteiger charge is 2.33. The van der Waals surface area contributed by atoms with Crippen LogP contribution in [-0.4, -0.2) is 8.42 Å². The Balaban J connectivity index is 2.24. The molecule has 0 radical (unpaired) electrons. The van der Waals surface area contributed by atoms with E-state index in [-0.39, 0.29) is 0 Å². The molecule has 2 atom stereocenters. The van der Waals surface area contributed by atoms with Gasteiger partial charge in [0.2, 0.25) is 0 Å². The minimum absolute atomic E-state index is 0.447. The van der Waals surface area contributed by atoms with Crippen molar-refractivity contribution in [3.63, 3.8) is 0 Å². The van der Waals surface area contributed by atoms with Gasteiger partial charge in [-0.15, -0.1) is 0 Å². The Bertz CT molecular complexity index is 355. The molecule has 0 amide bonds. The SMILES string of the molecule is CC1C=C(S(=O)(=O)C2=CC(C)C2)C1. The standard InChI is InChI=1S/C10H14O2S/c1-7-3-9(4-7)13(11,12)10-5-8(2)6-10/h3,5,7-8H,4,6H2,1-2H3. The van der Waals surface area contributed by atoms with E-state index in [9.17, 15) is 8.42 Å². The van der Waals surface area contributed by atoms with Gasteiger partial charge in [-0.1, -0.05) is 26.0 Å². The summed E-state index contributed by atoms with van der Waals surface area (Å²) in [5.74, 6) is 0.894. The van der Waals surface area contributed by atoms with Crippen molar-refractivity contribution >= 4 is 9.84 Å². The zero-order valence-corrected chi connectivity index (χ0v) is 8.76. The van der Waals surface area contributed by atoms with Crippen molar-refractivity contribution in [3.8, 4) is 0 Å². The molecule has 0 spiro atoms. The molecule has 0 fully saturated rings. The number of sulfone groups is 1. The van der Waals surface area contributed by atoms with E-state index >= 15 is 0 Å². The normalized spacial score (nSPS) is 32.8. The van der Waals surface area contributed by atoms with Gasteiger partial charge in [0.1, 0.15) is 0 Å². The second-order valence-corrected chi connectivity index (χ2v) is 6.19. The summed E-state index contributed by atoms with van der Waals surface area (Å²) in [6, 6.07) is 0. The smallest absolute Gasteiger partial charge is 0.198 e. The van der Waals surface area contributed by atoms with Crippen molar-refractivity contribution in [1.82, 2.24) is 0 Å². The van der Waals surface area contributed by atoms with Gasteiger partial charge in [-0.25, -0.2) is 8.42 Å². The summed E-state index contributed by atoms with van der Waals surface area (Å²) in [6.07, 6.45) is 5.18. The number of allylic oxidation sites excluding steroid dienone is 4. The van der Waals surface area contributed by atoms with Crippen molar-refractivity contribution in [2.45, 2.75) is 26.7 Å². The summed E-state index contributed by atoms with van der Waals surface area (Å²) in [5, 5.41) is 0. The Morgan fingerprint density at radius 2 is 1.38 bits per heavy atom. The molecule has 0 N–H and O–H groups in total. The topological polar surface area (TPSA) is 34.1 Å². The summed E-state index contributed by atoms with van der Waals surface area (Å²) in [4.78, 5) is 1.27. The van der Waals surface area contributed by atoms with Crippen LogP contribution in [0.4, 0.5) is 0 Å². The average Bonchev–Trinajstić information content (AvgIpc) is 1.92. The average molecular weight is 198 g/mol. The predicted octanol–water partition coefficient (Wildman–Crippen LogP) is 2.25. The lowest BCUT2D eigenvalue weighted by Crippen LogP contribution is -2.22. The van der Waals surface area contributed by atoms with E-state index in [0.717, 1.165) is 12.8 Å². The molecule has 2 unspecified atom stereocenters. The Labute approximate surface area is 79.3 Å². The Hall–Kier alpha value is -0.570. The van der Waals surface area contributed by atoms with Crippen molar-refractivity contribution in [1.29, 1.82) is 0 Å². The zero-order chi connectivity index (χ0) is 9.64. The summed E-state index contributed by atoms with van der Waals surface area (Å²) >= 11 is 0. The summed E-state index contributed by atoms with van der Waals surface area (Å²) in [6.45, 7) is 4.08. The van der Waals surface area contributed by atoms with Gasteiger partial charge >= 0.3 is 0 Å². The van der Waals surface area contributed by atoms with E-state index in [4.69, 9.17) is 0 Å². The van der Waals surface area contributed by atoms with Gasteiger partial charge < -0.3 is 0 Å². The van der Waals surface area contributed by atoms with Gasteiger partial charge in [-0.2, -0.15) is 0 Å². The third kappa shape index (κ3) is 1.35. The van der Waals surface area contributed by atoms with Gasteiger partial charge in [0.15, 0.2) is 9.84 Å². The molecule has 0 saturated carbocycles. The molecule has 3 heteroatoms. The van der Waals surface area contributed by atoms with Crippen LogP contribution in [-0.2, 0) is 9.84 Å². The number of hydrogen-bond donors (Lipinski definition) is 0. The Kier molecular flexibility index (Phi) is 1.88. The fourth-order valence-corrected chi connectivity index (χ4v) is 3.89. The van der Waals surface area contributed by atoms with Crippen LogP contribution in [0.5, 0.6) is 0 Å². The third-order valence-corrected chi connectivity index (χ3v) is 4.66. The van der Waals surface area contributed by atoms with E-state index in [1.807, 2.05) is 26.0 Å². The molecule has 0 bridgehead atoms. The van der Waals surface area contributed by atoms with Crippen LogP contribution in [0.3, 0.4) is 0 Å². The highest BCUT2D eigenvalue weighted by molar-refractivity contribution is 7.99. The van der Waals surface area contributed by atoms with E-state index < -0.39 is 9.84 Å². The van der Waals surface area contributed by atoms with Crippen LogP contribution < -0.4 is 0 Å². The quantitative estimate of drug-likeness (QED) is 0.682. The molecule has 0 heterocycles. The third-order valence-electron chi connectivity index (χ3n) is 2.68. The van der Waals surface area contributed by atoms with Crippen molar-refractivity contribution in [2.24, 2.45) is 11.8 Å². The molecule has 0 aromatic heterocycles. The lowest BCUT2D eigenvalue weighted by Gasteiger charge is -2.27. The minimum atomic E-state index is -3.01. The molecule has 2 aliphatic carbocycles. The van der Waals surface area contributed by atoms with Crippen molar-refractivity contribution in [3.05, 3.63) is 22.0 Å². The Morgan fingerprint density at radius 1 is 1.08 bits per heavy atom. The molecule has 0 aliphatic heterocycles. The maximum Gasteiger partial charge on any atom is 0.198 e. The molecule has 13 heavy (non-hydrogen) atoms. The summed E-state index contributed by atoms with van der Waals surface area (Å²) in [7, 11) is -3.01. The van der Waals surface area contributed by atoms with E-state index in [0.29, 0.717) is 21.6 Å². The van der Waals surface area contributed by atoms with Crippen molar-refractivity contribution < 1.29 is 8.42 Å². The molecule has 2 nitrogen and oxygen atoms in total. The van der Waals surface area contributed by atoms with Gasteiger partial charge in [-0.3, -0.25) is 0 Å². The first-order valence-electron chi connectivity index (χ1n) is 4.66. The van der Waals surface area contributed by atoms with E-state index in [1.165, 1.54) is 0 Å². The number of rotatable bonds is 2. The minimum Gasteiger partial charge on any atom is -0.219 e. The van der Waals surface area contributed by atoms with Gasteiger partial charge in [0, 0.05) is 9.81 Å². The van der Waals surface area contributed by atoms with E-state index in [2.05, 4.69) is 0 Å². The Morgan fingerprint density at radius 3 is 1.62 bits per heavy atom. The largest absolute Gasteiger partial charge is 0.219 e. The molecule has 2 rings (SSSR count). The van der Waals surface area contributed by atoms with Gasteiger partial charge in [-0.05, 0) is 24.7 Å². The molecular formula is C10H14O2S. The molecule has 72 valence electrons. The highest BCUT2D eigenvalue weighted by Crippen LogP contribution is 2.39. The second kappa shape index (κ2) is 2.71. The number of hydrogen-bond acceptors (Lipinski definition) is 2. The maximum absolute atomic E-state index is 11.7. The lowest BCUT2D eigenvalue weighted by atomic mass is 9.97. The molecular weight excluding hydrogens is 184 g/mol. The summed E-state index contributed by atoms with van der Waals surface area (Å²) < 4.78 is 23.5. The fraction of sp³-hybridized carbons (Fsp3) is 0.600. The lowest BCUT2D eigenvalue weighted by molar-refractivity contribution is 0.574. The van der Waals surface area contributed by atoms with E-state index in [1.54, 1.807) is 0 Å². The van der Waals surface area contributed by atoms with Crippen LogP contribution in [0, 0.1) is 11.8 Å². The maximum atomic E-state index is 11.7. The summed E-state index contributed by atoms with van der Waals surface area (Å²) in [5.41, 5.74) is 0. The second-order valence-electron chi connectivity index (χ2n) is 4.13. The first-order chi connectivity index (χ1) is 6.00. The van der Waals surface area contributed by atoms with Crippen molar-refractivity contribution in [2.75, 3.05) is 0 Å². The molecule has 0 saturated heterocycles. The first-order valence-corrected chi connectivity index (χ1v) is 6.15. The molecule has 0 aromatic carbocycles. The molecule has 0 aromatic rings. The fourth-order valence-electron chi connectivity index (χ4n) is 1.77. The van der Waals surface area contributed by atoms with Crippen LogP contribution >= 0.6 is 0 Å². The first kappa shape index (κ1) is 9.00. The van der Waals surface area contributed by atoms with Crippen LogP contribution in [0.2, 0.25) is 0 Å². The zero-order valence-electron chi connectivity index (χ0n) is 7.95. The van der Waals surface area contributed by atoms with Crippen LogP contribution in [0.25, 0.3) is 0 Å². The predicted molar refractivity (Wildman–Crippen MR) is 52.6 cm³/mol. The molecule has 2 aliphatic rings. The van der Waals surface area contributed by atoms with Crippen LogP contribution in [0.15, 0.2) is 22.0 Å².